The lowest BCUT2D eigenvalue weighted by atomic mass is 9.96. The molecule has 0 saturated heterocycles. The average molecular weight is 268 g/mol. The van der Waals surface area contributed by atoms with Crippen molar-refractivity contribution in [3.63, 3.8) is 0 Å². The van der Waals surface area contributed by atoms with Gasteiger partial charge in [-0.1, -0.05) is 6.92 Å². The number of hydrogen-bond acceptors (Lipinski definition) is 3. The van der Waals surface area contributed by atoms with Crippen LogP contribution in [0.4, 0.5) is 8.78 Å². The van der Waals surface area contributed by atoms with Crippen LogP contribution in [0.5, 0.6) is 5.75 Å². The highest BCUT2D eigenvalue weighted by atomic mass is 19.1. The fraction of sp³-hybridized carbons (Fsp3) is 0.500. The number of nitrogens with one attached hydrogen (secondary N) is 1. The van der Waals surface area contributed by atoms with Gasteiger partial charge in [-0.15, -0.1) is 0 Å². The lowest BCUT2D eigenvalue weighted by molar-refractivity contribution is 0.173. The van der Waals surface area contributed by atoms with Gasteiger partial charge in [-0.05, 0) is 32.5 Å². The highest BCUT2D eigenvalue weighted by Crippen LogP contribution is 2.22. The minimum absolute atomic E-state index is 0.135. The third kappa shape index (κ3) is 4.49. The Morgan fingerprint density at radius 1 is 1.47 bits per heavy atom. The average Bonchev–Trinajstić information content (AvgIpc) is 2.34. The van der Waals surface area contributed by atoms with Crippen LogP contribution >= 0.6 is 0 Å². The number of ether oxygens (including phenoxy) is 1. The molecule has 0 aromatic heterocycles. The first-order valence-corrected chi connectivity index (χ1v) is 6.18. The standard InChI is InChI=1S/C14H18F2N2O/c1-4-18-14(3,9-17)8-10(2)19-13-7-11(15)5-6-12(13)16/h5-7,10,18H,4,8H2,1-3H3. The van der Waals surface area contributed by atoms with E-state index >= 15 is 0 Å². The molecule has 0 radical (unpaired) electrons. The maximum atomic E-state index is 13.4. The van der Waals surface area contributed by atoms with E-state index in [0.717, 1.165) is 18.2 Å². The molecule has 3 nitrogen and oxygen atoms in total. The Morgan fingerprint density at radius 2 is 2.16 bits per heavy atom. The summed E-state index contributed by atoms with van der Waals surface area (Å²) >= 11 is 0. The van der Waals surface area contributed by atoms with Crippen molar-refractivity contribution in [3.8, 4) is 11.8 Å². The smallest absolute Gasteiger partial charge is 0.165 e. The quantitative estimate of drug-likeness (QED) is 0.862. The van der Waals surface area contributed by atoms with E-state index < -0.39 is 23.3 Å². The van der Waals surface area contributed by atoms with Gasteiger partial charge >= 0.3 is 0 Å². The molecule has 1 N–H and O–H groups in total. The molecule has 0 aliphatic rings. The van der Waals surface area contributed by atoms with Crippen molar-refractivity contribution in [2.24, 2.45) is 0 Å². The Morgan fingerprint density at radius 3 is 2.74 bits per heavy atom. The summed E-state index contributed by atoms with van der Waals surface area (Å²) in [5.41, 5.74) is -0.752. The van der Waals surface area contributed by atoms with Gasteiger partial charge in [0.2, 0.25) is 0 Å². The Balaban J connectivity index is 2.72. The third-order valence-electron chi connectivity index (χ3n) is 2.73. The molecule has 2 unspecified atom stereocenters. The van der Waals surface area contributed by atoms with E-state index in [0.29, 0.717) is 13.0 Å². The summed E-state index contributed by atoms with van der Waals surface area (Å²) in [5.74, 6) is -1.31. The van der Waals surface area contributed by atoms with Gasteiger partial charge in [-0.3, -0.25) is 5.32 Å². The predicted molar refractivity (Wildman–Crippen MR) is 68.8 cm³/mol. The van der Waals surface area contributed by atoms with Crippen LogP contribution in [0.2, 0.25) is 0 Å². The summed E-state index contributed by atoms with van der Waals surface area (Å²) in [7, 11) is 0. The number of hydrogen-bond donors (Lipinski definition) is 1. The maximum absolute atomic E-state index is 13.4. The summed E-state index contributed by atoms with van der Waals surface area (Å²) in [6.07, 6.45) is -0.0483. The number of nitriles is 1. The van der Waals surface area contributed by atoms with Crippen molar-refractivity contribution in [1.82, 2.24) is 5.32 Å². The third-order valence-corrected chi connectivity index (χ3v) is 2.73. The first-order chi connectivity index (χ1) is 8.90. The second kappa shape index (κ2) is 6.48. The maximum Gasteiger partial charge on any atom is 0.165 e. The van der Waals surface area contributed by atoms with Crippen LogP contribution in [-0.2, 0) is 0 Å². The lowest BCUT2D eigenvalue weighted by Gasteiger charge is -2.26. The van der Waals surface area contributed by atoms with Crippen LogP contribution in [0.25, 0.3) is 0 Å². The zero-order valence-electron chi connectivity index (χ0n) is 11.3. The van der Waals surface area contributed by atoms with E-state index in [1.165, 1.54) is 0 Å². The Kier molecular flexibility index (Phi) is 5.25. The van der Waals surface area contributed by atoms with Gasteiger partial charge in [0.25, 0.3) is 0 Å². The number of rotatable bonds is 6. The van der Waals surface area contributed by atoms with Crippen LogP contribution in [0.3, 0.4) is 0 Å². The highest BCUT2D eigenvalue weighted by molar-refractivity contribution is 5.25. The van der Waals surface area contributed by atoms with Crippen molar-refractivity contribution in [2.75, 3.05) is 6.54 Å². The molecule has 0 saturated carbocycles. The van der Waals surface area contributed by atoms with Gasteiger partial charge in [0.05, 0.1) is 12.2 Å². The molecule has 1 aromatic rings. The molecule has 5 heteroatoms. The van der Waals surface area contributed by atoms with Crippen molar-refractivity contribution >= 4 is 0 Å². The SMILES string of the molecule is CCNC(C)(C#N)CC(C)Oc1cc(F)ccc1F. The van der Waals surface area contributed by atoms with Gasteiger partial charge in [-0.2, -0.15) is 5.26 Å². The monoisotopic (exact) mass is 268 g/mol. The van der Waals surface area contributed by atoms with Crippen molar-refractivity contribution in [2.45, 2.75) is 38.8 Å². The molecular weight excluding hydrogens is 250 g/mol. The van der Waals surface area contributed by atoms with E-state index in [1.54, 1.807) is 13.8 Å². The summed E-state index contributed by atoms with van der Waals surface area (Å²) in [4.78, 5) is 0. The minimum Gasteiger partial charge on any atom is -0.487 e. The molecule has 0 aliphatic carbocycles. The van der Waals surface area contributed by atoms with Gasteiger partial charge in [0.15, 0.2) is 11.6 Å². The first-order valence-electron chi connectivity index (χ1n) is 6.18. The van der Waals surface area contributed by atoms with Crippen LogP contribution in [-0.4, -0.2) is 18.2 Å². The van der Waals surface area contributed by atoms with Crippen molar-refractivity contribution in [3.05, 3.63) is 29.8 Å². The molecular formula is C14H18F2N2O. The first kappa shape index (κ1) is 15.4. The van der Waals surface area contributed by atoms with E-state index in [1.807, 2.05) is 6.92 Å². The van der Waals surface area contributed by atoms with Crippen LogP contribution in [0.15, 0.2) is 18.2 Å². The molecule has 0 bridgehead atoms. The summed E-state index contributed by atoms with van der Waals surface area (Å²) in [6.45, 7) is 6.01. The summed E-state index contributed by atoms with van der Waals surface area (Å²) < 4.78 is 31.8. The van der Waals surface area contributed by atoms with E-state index in [4.69, 9.17) is 10.00 Å². The Hall–Kier alpha value is -1.67. The zero-order valence-corrected chi connectivity index (χ0v) is 11.3. The Bertz CT molecular complexity index is 473. The number of halogens is 2. The normalized spacial score (nSPS) is 15.4. The van der Waals surface area contributed by atoms with Crippen molar-refractivity contribution in [1.29, 1.82) is 5.26 Å². The molecule has 1 aromatic carbocycles. The van der Waals surface area contributed by atoms with Crippen LogP contribution in [0.1, 0.15) is 27.2 Å². The highest BCUT2D eigenvalue weighted by Gasteiger charge is 2.26. The molecule has 2 atom stereocenters. The second-order valence-corrected chi connectivity index (χ2v) is 4.68. The molecule has 0 spiro atoms. The van der Waals surface area contributed by atoms with E-state index in [2.05, 4.69) is 11.4 Å². The predicted octanol–water partition coefficient (Wildman–Crippen LogP) is 3.01. The molecule has 0 fully saturated rings. The largest absolute Gasteiger partial charge is 0.487 e. The number of nitrogens with zero attached hydrogens (tertiary/aromatic N) is 1. The van der Waals surface area contributed by atoms with Crippen LogP contribution in [0, 0.1) is 23.0 Å². The second-order valence-electron chi connectivity index (χ2n) is 4.68. The molecule has 104 valence electrons. The lowest BCUT2D eigenvalue weighted by Crippen LogP contribution is -2.44. The topological polar surface area (TPSA) is 45.0 Å². The van der Waals surface area contributed by atoms with Gasteiger partial charge in [0.1, 0.15) is 11.4 Å². The Labute approximate surface area is 112 Å². The van der Waals surface area contributed by atoms with E-state index in [9.17, 15) is 8.78 Å². The molecule has 0 aliphatic heterocycles. The summed E-state index contributed by atoms with van der Waals surface area (Å²) in [5, 5.41) is 12.2. The summed E-state index contributed by atoms with van der Waals surface area (Å²) in [6, 6.07) is 5.22. The van der Waals surface area contributed by atoms with Gasteiger partial charge in [-0.25, -0.2) is 8.78 Å². The van der Waals surface area contributed by atoms with Gasteiger partial charge in [0, 0.05) is 12.5 Å². The molecule has 0 amide bonds. The zero-order chi connectivity index (χ0) is 14.5. The molecule has 19 heavy (non-hydrogen) atoms. The van der Waals surface area contributed by atoms with Crippen molar-refractivity contribution < 1.29 is 13.5 Å². The molecule has 0 heterocycles. The number of benzene rings is 1. The molecule has 1 rings (SSSR count). The van der Waals surface area contributed by atoms with Gasteiger partial charge < -0.3 is 4.74 Å². The fourth-order valence-electron chi connectivity index (χ4n) is 1.95. The van der Waals surface area contributed by atoms with Crippen LogP contribution < -0.4 is 10.1 Å². The van der Waals surface area contributed by atoms with E-state index in [-0.39, 0.29) is 5.75 Å². The minimum atomic E-state index is -0.752. The fourth-order valence-corrected chi connectivity index (χ4v) is 1.95.